The Kier molecular flexibility index (Phi) is 8.38. The molecule has 39 heavy (non-hydrogen) atoms. The molecule has 3 N–H and O–H groups in total. The largest absolute Gasteiger partial charge is 0.425 e. The molecule has 0 amide bonds. The van der Waals surface area contributed by atoms with E-state index < -0.39 is 23.7 Å². The number of hydrogen-bond acceptors (Lipinski definition) is 6. The molecule has 3 unspecified atom stereocenters. The molecule has 1 aromatic rings. The number of unbranched alkanes of at least 4 members (excludes halogenated alkanes) is 1. The molecule has 0 aliphatic heterocycles. The lowest BCUT2D eigenvalue weighted by Gasteiger charge is -2.44. The van der Waals surface area contributed by atoms with Crippen molar-refractivity contribution < 1.29 is 19.7 Å². The van der Waals surface area contributed by atoms with E-state index in [9.17, 15) is 15.3 Å². The van der Waals surface area contributed by atoms with Crippen LogP contribution in [0.2, 0.25) is 0 Å². The molecule has 4 aliphatic carbocycles. The van der Waals surface area contributed by atoms with Gasteiger partial charge in [0.2, 0.25) is 11.8 Å². The van der Waals surface area contributed by atoms with E-state index in [0.29, 0.717) is 42.4 Å². The summed E-state index contributed by atoms with van der Waals surface area (Å²) < 4.78 is 5.96. The number of aryl methyl sites for hydroxylation is 1. The van der Waals surface area contributed by atoms with Crippen molar-refractivity contribution in [2.24, 2.45) is 23.2 Å². The van der Waals surface area contributed by atoms with Crippen LogP contribution in [0.1, 0.15) is 103 Å². The zero-order valence-electron chi connectivity index (χ0n) is 24.1. The number of rotatable bonds is 9. The highest BCUT2D eigenvalue weighted by Crippen LogP contribution is 2.60. The monoisotopic (exact) mass is 536 g/mol. The zero-order valence-corrected chi connectivity index (χ0v) is 24.1. The third-order valence-corrected chi connectivity index (χ3v) is 10.5. The summed E-state index contributed by atoms with van der Waals surface area (Å²) in [5.74, 6) is 2.77. The Bertz CT molecular complexity index is 1130. The van der Waals surface area contributed by atoms with Crippen molar-refractivity contribution in [2.75, 3.05) is 0 Å². The number of fused-ring (bicyclic) bond motifs is 1. The minimum atomic E-state index is -0.647. The third-order valence-electron chi connectivity index (χ3n) is 10.5. The average molecular weight is 537 g/mol. The van der Waals surface area contributed by atoms with Gasteiger partial charge in [0.05, 0.1) is 23.7 Å². The van der Waals surface area contributed by atoms with Crippen LogP contribution in [0.4, 0.5) is 0 Å². The number of nitrogens with zero attached hydrogens (tertiary/aromatic N) is 2. The minimum Gasteiger partial charge on any atom is -0.425 e. The highest BCUT2D eigenvalue weighted by molar-refractivity contribution is 5.38. The Morgan fingerprint density at radius 3 is 2.67 bits per heavy atom. The predicted octanol–water partition coefficient (Wildman–Crippen LogP) is 6.14. The van der Waals surface area contributed by atoms with Gasteiger partial charge in [-0.05, 0) is 92.1 Å². The van der Waals surface area contributed by atoms with Crippen LogP contribution in [-0.2, 0) is 11.8 Å². The first-order valence-electron chi connectivity index (χ1n) is 15.3. The van der Waals surface area contributed by atoms with Crippen LogP contribution < -0.4 is 0 Å². The zero-order chi connectivity index (χ0) is 27.8. The van der Waals surface area contributed by atoms with Gasteiger partial charge in [-0.15, -0.1) is 10.2 Å². The molecule has 1 heterocycles. The maximum atomic E-state index is 11.2. The molecule has 0 radical (unpaired) electrons. The molecular weight excluding hydrogens is 488 g/mol. The van der Waals surface area contributed by atoms with Crippen molar-refractivity contribution >= 4 is 0 Å². The highest BCUT2D eigenvalue weighted by Gasteiger charge is 2.54. The van der Waals surface area contributed by atoms with Crippen molar-refractivity contribution in [1.29, 1.82) is 0 Å². The van der Waals surface area contributed by atoms with Crippen molar-refractivity contribution in [3.63, 3.8) is 0 Å². The first kappa shape index (κ1) is 28.5. The normalized spacial score (nSPS) is 36.0. The molecule has 0 aromatic carbocycles. The first-order chi connectivity index (χ1) is 18.7. The van der Waals surface area contributed by atoms with Crippen LogP contribution in [0.15, 0.2) is 52.0 Å². The molecule has 6 heteroatoms. The fraction of sp³-hybridized carbons (Fsp3) is 0.697. The van der Waals surface area contributed by atoms with Crippen LogP contribution in [-0.4, -0.2) is 43.8 Å². The van der Waals surface area contributed by atoms with Gasteiger partial charge in [-0.2, -0.15) is 0 Å². The van der Waals surface area contributed by atoms with Gasteiger partial charge in [-0.25, -0.2) is 0 Å². The quantitative estimate of drug-likeness (QED) is 0.328. The van der Waals surface area contributed by atoms with E-state index >= 15 is 0 Å². The van der Waals surface area contributed by atoms with E-state index in [1.807, 2.05) is 6.08 Å². The summed E-state index contributed by atoms with van der Waals surface area (Å²) in [6.07, 6.45) is 18.4. The standard InChI is InChI=1S/C33H48N2O4/c1-5-6-9-30-34-35-31(39-30)33(17-18-33)29(38)15-10-21(2)26-13-14-27-23(8-7-16-32(26,27)4)11-12-24-19-25(36)20-28(37)22(24)3/h10-12,15,21,25-29,36-38H,3,5-9,13-14,16-20H2,1-2,4H3/t21-,25?,26-,27+,28?,29?,32-/m1/s1. The molecule has 214 valence electrons. The highest BCUT2D eigenvalue weighted by atomic mass is 16.4. The molecule has 0 saturated heterocycles. The fourth-order valence-corrected chi connectivity index (χ4v) is 7.86. The van der Waals surface area contributed by atoms with Crippen molar-refractivity contribution in [1.82, 2.24) is 10.2 Å². The summed E-state index contributed by atoms with van der Waals surface area (Å²) in [4.78, 5) is 0. The molecule has 7 atom stereocenters. The molecule has 1 aromatic heterocycles. The second-order valence-corrected chi connectivity index (χ2v) is 13.1. The van der Waals surface area contributed by atoms with Gasteiger partial charge < -0.3 is 19.7 Å². The maximum Gasteiger partial charge on any atom is 0.225 e. The lowest BCUT2D eigenvalue weighted by atomic mass is 9.61. The fourth-order valence-electron chi connectivity index (χ4n) is 7.86. The first-order valence-corrected chi connectivity index (χ1v) is 15.3. The molecule has 0 spiro atoms. The van der Waals surface area contributed by atoms with Crippen molar-refractivity contribution in [3.8, 4) is 0 Å². The van der Waals surface area contributed by atoms with E-state index in [2.05, 4.69) is 55.8 Å². The Morgan fingerprint density at radius 1 is 1.13 bits per heavy atom. The Balaban J connectivity index is 1.26. The smallest absolute Gasteiger partial charge is 0.225 e. The Labute approximate surface area is 234 Å². The molecule has 4 saturated carbocycles. The van der Waals surface area contributed by atoms with Gasteiger partial charge >= 0.3 is 0 Å². The van der Waals surface area contributed by atoms with Crippen LogP contribution in [0, 0.1) is 23.2 Å². The van der Waals surface area contributed by atoms with Crippen LogP contribution >= 0.6 is 0 Å². The predicted molar refractivity (Wildman–Crippen MR) is 153 cm³/mol. The minimum absolute atomic E-state index is 0.234. The number of hydrogen-bond donors (Lipinski definition) is 3. The molecular formula is C33H48N2O4. The molecule has 0 bridgehead atoms. The second kappa shape index (κ2) is 11.5. The SMILES string of the molecule is C=C1C(=CC=C2CCC[C@]3(C)[C@@H]([C@H](C)C=CC(O)C4(c5nnc(CCCC)o5)CC4)CC[C@@H]23)CC(O)CC1O. The summed E-state index contributed by atoms with van der Waals surface area (Å²) >= 11 is 0. The number of allylic oxidation sites excluding steroid dienone is 4. The van der Waals surface area contributed by atoms with Gasteiger partial charge in [-0.3, -0.25) is 0 Å². The molecule has 6 nitrogen and oxygen atoms in total. The maximum absolute atomic E-state index is 11.2. The molecule has 5 rings (SSSR count). The number of aromatic nitrogens is 2. The van der Waals surface area contributed by atoms with E-state index in [0.717, 1.165) is 49.7 Å². The van der Waals surface area contributed by atoms with Crippen LogP contribution in [0.25, 0.3) is 0 Å². The summed E-state index contributed by atoms with van der Waals surface area (Å²) in [6.45, 7) is 11.0. The third kappa shape index (κ3) is 5.62. The van der Waals surface area contributed by atoms with E-state index in [1.54, 1.807) is 0 Å². The van der Waals surface area contributed by atoms with Crippen LogP contribution in [0.5, 0.6) is 0 Å². The van der Waals surface area contributed by atoms with Gasteiger partial charge in [0.25, 0.3) is 0 Å². The second-order valence-electron chi connectivity index (χ2n) is 13.1. The summed E-state index contributed by atoms with van der Waals surface area (Å²) in [7, 11) is 0. The molecule has 4 aliphatic rings. The molecule has 4 fully saturated rings. The lowest BCUT2D eigenvalue weighted by molar-refractivity contribution is 0.0862. The average Bonchev–Trinajstić information content (AvgIpc) is 3.44. The van der Waals surface area contributed by atoms with Crippen molar-refractivity contribution in [2.45, 2.75) is 122 Å². The van der Waals surface area contributed by atoms with E-state index in [1.165, 1.54) is 31.3 Å². The van der Waals surface area contributed by atoms with Gasteiger partial charge in [0.15, 0.2) is 0 Å². The van der Waals surface area contributed by atoms with Crippen molar-refractivity contribution in [3.05, 3.63) is 59.4 Å². The van der Waals surface area contributed by atoms with E-state index in [-0.39, 0.29) is 5.41 Å². The Hall–Kier alpha value is -2.02. The van der Waals surface area contributed by atoms with E-state index in [4.69, 9.17) is 4.42 Å². The topological polar surface area (TPSA) is 99.6 Å². The summed E-state index contributed by atoms with van der Waals surface area (Å²) in [5.41, 5.74) is 3.06. The van der Waals surface area contributed by atoms with Gasteiger partial charge in [0, 0.05) is 12.8 Å². The number of aliphatic hydroxyl groups is 3. The van der Waals surface area contributed by atoms with Gasteiger partial charge in [0.1, 0.15) is 0 Å². The summed E-state index contributed by atoms with van der Waals surface area (Å²) in [5, 5.41) is 40.1. The lowest BCUT2D eigenvalue weighted by Crippen LogP contribution is -2.35. The Morgan fingerprint density at radius 2 is 1.92 bits per heavy atom. The van der Waals surface area contributed by atoms with Crippen LogP contribution in [0.3, 0.4) is 0 Å². The summed E-state index contributed by atoms with van der Waals surface area (Å²) in [6, 6.07) is 0. The van der Waals surface area contributed by atoms with Gasteiger partial charge in [-0.1, -0.05) is 63.6 Å². The number of aliphatic hydroxyl groups excluding tert-OH is 3.